The fourth-order valence-electron chi connectivity index (χ4n) is 4.74. The van der Waals surface area contributed by atoms with Gasteiger partial charge in [0.15, 0.2) is 5.82 Å². The van der Waals surface area contributed by atoms with E-state index in [9.17, 15) is 4.79 Å². The molecule has 5 rings (SSSR count). The SMILES string of the molecule is CCN(C(=O)c1nc2ccc(C#N)cc2[nH]1)[C@H]1CCC[C@@H](NCc2cc(C3CC3)on2)C1. The maximum atomic E-state index is 13.3. The van der Waals surface area contributed by atoms with Crippen molar-refractivity contribution in [3.8, 4) is 6.07 Å². The summed E-state index contributed by atoms with van der Waals surface area (Å²) in [4.78, 5) is 22.8. The maximum absolute atomic E-state index is 13.3. The molecule has 166 valence electrons. The fourth-order valence-corrected chi connectivity index (χ4v) is 4.74. The smallest absolute Gasteiger partial charge is 0.289 e. The second kappa shape index (κ2) is 8.75. The number of hydrogen-bond donors (Lipinski definition) is 2. The Balaban J connectivity index is 1.23. The first-order valence-electron chi connectivity index (χ1n) is 11.5. The van der Waals surface area contributed by atoms with Crippen molar-refractivity contribution in [2.24, 2.45) is 0 Å². The largest absolute Gasteiger partial charge is 0.361 e. The van der Waals surface area contributed by atoms with Gasteiger partial charge in [0, 0.05) is 37.2 Å². The van der Waals surface area contributed by atoms with Gasteiger partial charge in [0.1, 0.15) is 5.76 Å². The first-order valence-corrected chi connectivity index (χ1v) is 11.5. The third kappa shape index (κ3) is 4.26. The average Bonchev–Trinajstić information content (AvgIpc) is 3.40. The molecule has 2 N–H and O–H groups in total. The van der Waals surface area contributed by atoms with Gasteiger partial charge in [0.2, 0.25) is 0 Å². The average molecular weight is 433 g/mol. The van der Waals surface area contributed by atoms with E-state index in [-0.39, 0.29) is 11.9 Å². The number of aromatic amines is 1. The number of imidazole rings is 1. The number of H-pyrrole nitrogens is 1. The summed E-state index contributed by atoms with van der Waals surface area (Å²) in [6.45, 7) is 3.34. The van der Waals surface area contributed by atoms with E-state index in [0.717, 1.165) is 37.1 Å². The van der Waals surface area contributed by atoms with Crippen LogP contribution in [0.25, 0.3) is 11.0 Å². The molecule has 1 aromatic carbocycles. The zero-order valence-corrected chi connectivity index (χ0v) is 18.3. The maximum Gasteiger partial charge on any atom is 0.289 e. The molecule has 8 nitrogen and oxygen atoms in total. The Hall–Kier alpha value is -3.18. The van der Waals surface area contributed by atoms with Crippen LogP contribution in [0, 0.1) is 11.3 Å². The van der Waals surface area contributed by atoms with Crippen molar-refractivity contribution in [2.45, 2.75) is 70.0 Å². The van der Waals surface area contributed by atoms with Crippen LogP contribution in [-0.4, -0.2) is 44.6 Å². The predicted molar refractivity (Wildman–Crippen MR) is 119 cm³/mol. The minimum absolute atomic E-state index is 0.0848. The van der Waals surface area contributed by atoms with Crippen molar-refractivity contribution < 1.29 is 9.32 Å². The highest BCUT2D eigenvalue weighted by Gasteiger charge is 2.31. The van der Waals surface area contributed by atoms with Crippen molar-refractivity contribution in [3.05, 3.63) is 47.1 Å². The van der Waals surface area contributed by atoms with Gasteiger partial charge in [-0.2, -0.15) is 5.26 Å². The molecule has 3 aromatic rings. The minimum atomic E-state index is -0.0848. The van der Waals surface area contributed by atoms with E-state index in [1.54, 1.807) is 18.2 Å². The van der Waals surface area contributed by atoms with E-state index in [4.69, 9.17) is 9.78 Å². The molecule has 0 aliphatic heterocycles. The third-order valence-electron chi connectivity index (χ3n) is 6.63. The van der Waals surface area contributed by atoms with E-state index in [1.165, 1.54) is 12.8 Å². The molecule has 0 spiro atoms. The van der Waals surface area contributed by atoms with Gasteiger partial charge in [-0.1, -0.05) is 5.16 Å². The lowest BCUT2D eigenvalue weighted by atomic mass is 9.89. The van der Waals surface area contributed by atoms with Crippen molar-refractivity contribution in [1.82, 2.24) is 25.3 Å². The van der Waals surface area contributed by atoms with Crippen LogP contribution in [0.5, 0.6) is 0 Å². The summed E-state index contributed by atoms with van der Waals surface area (Å²) in [6, 6.07) is 9.92. The van der Waals surface area contributed by atoms with Crippen molar-refractivity contribution in [2.75, 3.05) is 6.54 Å². The number of nitriles is 1. The number of rotatable bonds is 7. The molecule has 0 saturated heterocycles. The molecule has 0 radical (unpaired) electrons. The van der Waals surface area contributed by atoms with Crippen LogP contribution in [0.2, 0.25) is 0 Å². The zero-order chi connectivity index (χ0) is 22.1. The monoisotopic (exact) mass is 432 g/mol. The first-order chi connectivity index (χ1) is 15.6. The highest BCUT2D eigenvalue weighted by Crippen LogP contribution is 2.40. The topological polar surface area (TPSA) is 111 Å². The minimum Gasteiger partial charge on any atom is -0.361 e. The Morgan fingerprint density at radius 3 is 2.97 bits per heavy atom. The summed E-state index contributed by atoms with van der Waals surface area (Å²) in [5, 5.41) is 16.9. The molecule has 2 saturated carbocycles. The van der Waals surface area contributed by atoms with Gasteiger partial charge < -0.3 is 19.7 Å². The number of fused-ring (bicyclic) bond motifs is 1. The fraction of sp³-hybridized carbons (Fsp3) is 0.500. The van der Waals surface area contributed by atoms with Crippen LogP contribution in [0.15, 0.2) is 28.8 Å². The zero-order valence-electron chi connectivity index (χ0n) is 18.3. The van der Waals surface area contributed by atoms with Crippen molar-refractivity contribution in [1.29, 1.82) is 5.26 Å². The van der Waals surface area contributed by atoms with Gasteiger partial charge in [-0.25, -0.2) is 4.98 Å². The molecule has 2 aliphatic rings. The summed E-state index contributed by atoms with van der Waals surface area (Å²) < 4.78 is 5.45. The second-order valence-electron chi connectivity index (χ2n) is 8.91. The predicted octanol–water partition coefficient (Wildman–Crippen LogP) is 3.86. The van der Waals surface area contributed by atoms with E-state index < -0.39 is 0 Å². The number of nitrogens with zero attached hydrogens (tertiary/aromatic N) is 4. The molecule has 2 aromatic heterocycles. The molecular formula is C24H28N6O2. The highest BCUT2D eigenvalue weighted by molar-refractivity contribution is 5.94. The number of carbonyl (C=O) groups is 1. The molecular weight excluding hydrogens is 404 g/mol. The van der Waals surface area contributed by atoms with Crippen LogP contribution in [0.4, 0.5) is 0 Å². The summed E-state index contributed by atoms with van der Waals surface area (Å²) in [5.41, 5.74) is 2.91. The Kier molecular flexibility index (Phi) is 5.66. The van der Waals surface area contributed by atoms with E-state index >= 15 is 0 Å². The highest BCUT2D eigenvalue weighted by atomic mass is 16.5. The molecule has 2 fully saturated rings. The van der Waals surface area contributed by atoms with Crippen LogP contribution in [0.3, 0.4) is 0 Å². The van der Waals surface area contributed by atoms with Gasteiger partial charge in [-0.05, 0) is 63.6 Å². The van der Waals surface area contributed by atoms with Crippen LogP contribution >= 0.6 is 0 Å². The van der Waals surface area contributed by atoms with Gasteiger partial charge in [-0.3, -0.25) is 4.79 Å². The molecule has 8 heteroatoms. The Morgan fingerprint density at radius 1 is 1.31 bits per heavy atom. The van der Waals surface area contributed by atoms with Crippen LogP contribution in [-0.2, 0) is 6.54 Å². The lowest BCUT2D eigenvalue weighted by Gasteiger charge is -2.37. The summed E-state index contributed by atoms with van der Waals surface area (Å²) in [6.07, 6.45) is 6.48. The lowest BCUT2D eigenvalue weighted by molar-refractivity contribution is 0.0617. The van der Waals surface area contributed by atoms with E-state index in [0.29, 0.717) is 47.5 Å². The van der Waals surface area contributed by atoms with E-state index in [2.05, 4.69) is 32.6 Å². The van der Waals surface area contributed by atoms with Gasteiger partial charge in [0.05, 0.1) is 28.4 Å². The number of hydrogen-bond acceptors (Lipinski definition) is 6. The molecule has 32 heavy (non-hydrogen) atoms. The summed E-state index contributed by atoms with van der Waals surface area (Å²) in [5.74, 6) is 1.84. The second-order valence-corrected chi connectivity index (χ2v) is 8.91. The van der Waals surface area contributed by atoms with Gasteiger partial charge in [0.25, 0.3) is 5.91 Å². The summed E-state index contributed by atoms with van der Waals surface area (Å²) >= 11 is 0. The van der Waals surface area contributed by atoms with Crippen LogP contribution in [0.1, 0.15) is 79.0 Å². The van der Waals surface area contributed by atoms with Gasteiger partial charge >= 0.3 is 0 Å². The van der Waals surface area contributed by atoms with Crippen molar-refractivity contribution >= 4 is 16.9 Å². The Morgan fingerprint density at radius 2 is 2.19 bits per heavy atom. The number of nitrogens with one attached hydrogen (secondary N) is 2. The van der Waals surface area contributed by atoms with E-state index in [1.807, 2.05) is 11.8 Å². The number of aromatic nitrogens is 3. The van der Waals surface area contributed by atoms with Crippen molar-refractivity contribution in [3.63, 3.8) is 0 Å². The first kappa shape index (κ1) is 20.7. The standard InChI is InChI=1S/C24H28N6O2/c1-2-30(24(31)23-27-20-9-6-15(13-25)10-21(20)28-23)19-5-3-4-17(11-19)26-14-18-12-22(32-29-18)16-7-8-16/h6,9-10,12,16-17,19,26H,2-5,7-8,11,14H2,1H3,(H,27,28)/t17-,19+/m1/s1. The third-order valence-corrected chi connectivity index (χ3v) is 6.63. The Labute approximate surface area is 187 Å². The lowest BCUT2D eigenvalue weighted by Crippen LogP contribution is -2.47. The molecule has 0 bridgehead atoms. The number of amides is 1. The molecule has 2 heterocycles. The number of carbonyl (C=O) groups excluding carboxylic acids is 1. The molecule has 0 unspecified atom stereocenters. The Bertz CT molecular complexity index is 1150. The molecule has 2 atom stereocenters. The summed E-state index contributed by atoms with van der Waals surface area (Å²) in [7, 11) is 0. The molecule has 2 aliphatic carbocycles. The molecule has 1 amide bonds. The quantitative estimate of drug-likeness (QED) is 0.586. The van der Waals surface area contributed by atoms with Gasteiger partial charge in [-0.15, -0.1) is 0 Å². The normalized spacial score (nSPS) is 20.9. The van der Waals surface area contributed by atoms with Crippen LogP contribution < -0.4 is 5.32 Å². The number of benzene rings is 1.